The molecule has 38 heavy (non-hydrogen) atoms. The van der Waals surface area contributed by atoms with Crippen LogP contribution in [0.5, 0.6) is 0 Å². The predicted molar refractivity (Wildman–Crippen MR) is 157 cm³/mol. The number of aryl methyl sites for hydroxylation is 2. The molecule has 8 heteroatoms. The largest absolute Gasteiger partial charge is 0.325 e. The second kappa shape index (κ2) is 12.9. The Morgan fingerprint density at radius 2 is 1.58 bits per heavy atom. The van der Waals surface area contributed by atoms with Gasteiger partial charge in [-0.3, -0.25) is 14.4 Å². The smallest absolute Gasteiger partial charge is 0.272 e. The van der Waals surface area contributed by atoms with E-state index in [9.17, 15) is 14.4 Å². The number of thiophene rings is 1. The third-order valence-corrected chi connectivity index (χ3v) is 7.14. The lowest BCUT2D eigenvalue weighted by Gasteiger charge is -2.12. The van der Waals surface area contributed by atoms with E-state index in [2.05, 4.69) is 22.0 Å². The Labute approximate surface area is 230 Å². The van der Waals surface area contributed by atoms with E-state index >= 15 is 0 Å². The fourth-order valence-electron chi connectivity index (χ4n) is 3.71. The summed E-state index contributed by atoms with van der Waals surface area (Å²) in [5, 5.41) is 10.4. The zero-order valence-corrected chi connectivity index (χ0v) is 22.6. The first kappa shape index (κ1) is 26.9. The van der Waals surface area contributed by atoms with E-state index in [-0.39, 0.29) is 23.3 Å². The van der Waals surface area contributed by atoms with Crippen LogP contribution in [0.3, 0.4) is 0 Å². The van der Waals surface area contributed by atoms with Crippen molar-refractivity contribution >= 4 is 58.3 Å². The maximum atomic E-state index is 13.2. The molecule has 0 aliphatic rings. The Morgan fingerprint density at radius 3 is 2.29 bits per heavy atom. The van der Waals surface area contributed by atoms with Crippen LogP contribution in [0, 0.1) is 13.8 Å². The van der Waals surface area contributed by atoms with E-state index in [1.165, 1.54) is 23.1 Å². The number of carbonyl (C=O) groups excluding carboxylic acids is 3. The number of amides is 3. The first-order valence-corrected chi connectivity index (χ1v) is 13.8. The number of thioether (sulfide) groups is 1. The van der Waals surface area contributed by atoms with Gasteiger partial charge in [0.05, 0.1) is 5.75 Å². The standard InChI is InChI=1S/C30H27N3O3S2/c1-20-14-21(2)16-24(15-20)31-28(34)19-38-25-11-6-10-23(17-25)32-30(36)27(18-26-12-7-13-37-26)33-29(35)22-8-4-3-5-9-22/h3-18H,19H2,1-2H3,(H,31,34)(H,32,36)(H,33,35)/b27-18-. The summed E-state index contributed by atoms with van der Waals surface area (Å²) >= 11 is 2.83. The molecule has 0 atom stereocenters. The minimum atomic E-state index is -0.447. The third-order valence-electron chi connectivity index (χ3n) is 5.33. The van der Waals surface area contributed by atoms with Crippen LogP contribution in [0.15, 0.2) is 101 Å². The number of carbonyl (C=O) groups is 3. The lowest BCUT2D eigenvalue weighted by molar-refractivity contribution is -0.114. The van der Waals surface area contributed by atoms with Crippen molar-refractivity contribution in [1.29, 1.82) is 0 Å². The van der Waals surface area contributed by atoms with E-state index in [1.807, 2.05) is 61.7 Å². The zero-order chi connectivity index (χ0) is 26.9. The van der Waals surface area contributed by atoms with Crippen LogP contribution in [-0.4, -0.2) is 23.5 Å². The molecule has 0 saturated carbocycles. The van der Waals surface area contributed by atoms with Crippen molar-refractivity contribution in [1.82, 2.24) is 5.32 Å². The van der Waals surface area contributed by atoms with Crippen LogP contribution < -0.4 is 16.0 Å². The van der Waals surface area contributed by atoms with Gasteiger partial charge in [0, 0.05) is 26.7 Å². The zero-order valence-electron chi connectivity index (χ0n) is 21.0. The van der Waals surface area contributed by atoms with Gasteiger partial charge in [0.1, 0.15) is 5.70 Å². The summed E-state index contributed by atoms with van der Waals surface area (Å²) in [4.78, 5) is 40.1. The molecule has 0 aliphatic heterocycles. The van der Waals surface area contributed by atoms with Crippen molar-refractivity contribution in [3.05, 3.63) is 118 Å². The van der Waals surface area contributed by atoms with Crippen molar-refractivity contribution in [3.63, 3.8) is 0 Å². The average molecular weight is 542 g/mol. The quantitative estimate of drug-likeness (QED) is 0.167. The summed E-state index contributed by atoms with van der Waals surface area (Å²) in [7, 11) is 0. The van der Waals surface area contributed by atoms with Crippen LogP contribution in [0.1, 0.15) is 26.4 Å². The van der Waals surface area contributed by atoms with Crippen LogP contribution >= 0.6 is 23.1 Å². The number of anilines is 2. The second-order valence-corrected chi connectivity index (χ2v) is 10.6. The minimum Gasteiger partial charge on any atom is -0.325 e. The average Bonchev–Trinajstić information content (AvgIpc) is 3.40. The molecular formula is C30H27N3O3S2. The van der Waals surface area contributed by atoms with E-state index in [4.69, 9.17) is 0 Å². The molecule has 0 fully saturated rings. The van der Waals surface area contributed by atoms with Crippen molar-refractivity contribution < 1.29 is 14.4 Å². The maximum Gasteiger partial charge on any atom is 0.272 e. The van der Waals surface area contributed by atoms with Crippen molar-refractivity contribution in [2.24, 2.45) is 0 Å². The first-order chi connectivity index (χ1) is 18.4. The van der Waals surface area contributed by atoms with Crippen molar-refractivity contribution in [3.8, 4) is 0 Å². The molecular weight excluding hydrogens is 514 g/mol. The lowest BCUT2D eigenvalue weighted by Crippen LogP contribution is -2.30. The molecule has 4 aromatic rings. The number of hydrogen-bond acceptors (Lipinski definition) is 5. The fourth-order valence-corrected chi connectivity index (χ4v) is 5.13. The topological polar surface area (TPSA) is 87.3 Å². The third kappa shape index (κ3) is 7.93. The number of rotatable bonds is 9. The predicted octanol–water partition coefficient (Wildman–Crippen LogP) is 6.51. The number of hydrogen-bond donors (Lipinski definition) is 3. The Morgan fingerprint density at radius 1 is 0.816 bits per heavy atom. The van der Waals surface area contributed by atoms with E-state index < -0.39 is 5.91 Å². The molecule has 3 aromatic carbocycles. The minimum absolute atomic E-state index is 0.112. The summed E-state index contributed by atoms with van der Waals surface area (Å²) in [5.41, 5.74) is 4.09. The molecule has 0 radical (unpaired) electrons. The summed E-state index contributed by atoms with van der Waals surface area (Å²) in [6, 6.07) is 25.7. The maximum absolute atomic E-state index is 13.2. The molecule has 1 aromatic heterocycles. The molecule has 0 unspecified atom stereocenters. The van der Waals surface area contributed by atoms with E-state index in [0.717, 1.165) is 26.6 Å². The summed E-state index contributed by atoms with van der Waals surface area (Å²) in [6.07, 6.45) is 1.65. The molecule has 192 valence electrons. The van der Waals surface area contributed by atoms with Crippen LogP contribution in [0.4, 0.5) is 11.4 Å². The highest BCUT2D eigenvalue weighted by molar-refractivity contribution is 8.00. The highest BCUT2D eigenvalue weighted by Gasteiger charge is 2.16. The molecule has 6 nitrogen and oxygen atoms in total. The van der Waals surface area contributed by atoms with Gasteiger partial charge in [0.2, 0.25) is 5.91 Å². The Bertz CT molecular complexity index is 1450. The van der Waals surface area contributed by atoms with Crippen molar-refractivity contribution in [2.45, 2.75) is 18.7 Å². The normalized spacial score (nSPS) is 11.1. The molecule has 0 aliphatic carbocycles. The van der Waals surface area contributed by atoms with Gasteiger partial charge < -0.3 is 16.0 Å². The van der Waals surface area contributed by atoms with Crippen LogP contribution in [-0.2, 0) is 9.59 Å². The number of benzene rings is 3. The summed E-state index contributed by atoms with van der Waals surface area (Å²) in [6.45, 7) is 3.98. The van der Waals surface area contributed by atoms with Crippen LogP contribution in [0.2, 0.25) is 0 Å². The van der Waals surface area contributed by atoms with Gasteiger partial charge in [-0.05, 0) is 85.0 Å². The fraction of sp³-hybridized carbons (Fsp3) is 0.100. The molecule has 4 rings (SSSR count). The Hall–Kier alpha value is -4.14. The van der Waals surface area contributed by atoms with Crippen LogP contribution in [0.25, 0.3) is 6.08 Å². The van der Waals surface area contributed by atoms with Gasteiger partial charge in [-0.15, -0.1) is 23.1 Å². The molecule has 0 spiro atoms. The molecule has 0 bridgehead atoms. The molecule has 3 amide bonds. The summed E-state index contributed by atoms with van der Waals surface area (Å²) < 4.78 is 0. The second-order valence-electron chi connectivity index (χ2n) is 8.59. The SMILES string of the molecule is Cc1cc(C)cc(NC(=O)CSc2cccc(NC(=O)/C(=C/c3cccs3)NC(=O)c3ccccc3)c2)c1. The number of nitrogens with one attached hydrogen (secondary N) is 3. The van der Waals surface area contributed by atoms with Gasteiger partial charge >= 0.3 is 0 Å². The van der Waals surface area contributed by atoms with Crippen molar-refractivity contribution in [2.75, 3.05) is 16.4 Å². The van der Waals surface area contributed by atoms with Gasteiger partial charge in [0.25, 0.3) is 11.8 Å². The highest BCUT2D eigenvalue weighted by atomic mass is 32.2. The van der Waals surface area contributed by atoms with Gasteiger partial charge in [-0.2, -0.15) is 0 Å². The highest BCUT2D eigenvalue weighted by Crippen LogP contribution is 2.23. The summed E-state index contributed by atoms with van der Waals surface area (Å²) in [5.74, 6) is -0.708. The van der Waals surface area contributed by atoms with E-state index in [0.29, 0.717) is 11.3 Å². The van der Waals surface area contributed by atoms with Gasteiger partial charge in [-0.25, -0.2) is 0 Å². The van der Waals surface area contributed by atoms with Gasteiger partial charge in [0.15, 0.2) is 0 Å². The first-order valence-electron chi connectivity index (χ1n) is 11.9. The molecule has 3 N–H and O–H groups in total. The molecule has 1 heterocycles. The Kier molecular flexibility index (Phi) is 9.13. The lowest BCUT2D eigenvalue weighted by atomic mass is 10.1. The van der Waals surface area contributed by atoms with E-state index in [1.54, 1.807) is 42.5 Å². The molecule has 0 saturated heterocycles. The Balaban J connectivity index is 1.41. The monoisotopic (exact) mass is 541 g/mol. The van der Waals surface area contributed by atoms with Gasteiger partial charge in [-0.1, -0.05) is 36.4 Å².